The van der Waals surface area contributed by atoms with Crippen molar-refractivity contribution in [3.8, 4) is 11.8 Å². The number of carbonyl (C=O) groups excluding carboxylic acids is 1. The van der Waals surface area contributed by atoms with E-state index in [1.807, 2.05) is 13.0 Å². The summed E-state index contributed by atoms with van der Waals surface area (Å²) in [6.07, 6.45) is 16.3. The molecule has 6 atom stereocenters. The van der Waals surface area contributed by atoms with E-state index in [1.165, 1.54) is 19.1 Å². The van der Waals surface area contributed by atoms with Crippen LogP contribution in [0.1, 0.15) is 77.6 Å². The third-order valence-corrected chi connectivity index (χ3v) is 7.09. The molecule has 32 heavy (non-hydrogen) atoms. The molecule has 0 radical (unpaired) electrons. The van der Waals surface area contributed by atoms with Crippen LogP contribution in [-0.2, 0) is 19.0 Å². The average molecular weight is 445 g/mol. The molecule has 3 rings (SSSR count). The predicted octanol–water partition coefficient (Wildman–Crippen LogP) is 4.93. The summed E-state index contributed by atoms with van der Waals surface area (Å²) in [6.45, 7) is 2.62. The molecular formula is C27H40O5. The molecule has 0 aromatic carbocycles. The summed E-state index contributed by atoms with van der Waals surface area (Å²) in [7, 11) is 1.44. The number of hydrogen-bond donors (Lipinski definition) is 1. The van der Waals surface area contributed by atoms with Gasteiger partial charge in [-0.2, -0.15) is 0 Å². The molecule has 178 valence electrons. The Bertz CT molecular complexity index is 709. The quantitative estimate of drug-likeness (QED) is 0.224. The number of rotatable bonds is 10. The van der Waals surface area contributed by atoms with Gasteiger partial charge in [0.1, 0.15) is 0 Å². The second-order valence-electron chi connectivity index (χ2n) is 9.36. The van der Waals surface area contributed by atoms with Gasteiger partial charge < -0.3 is 19.3 Å². The fourth-order valence-electron chi connectivity index (χ4n) is 5.43. The Labute approximate surface area is 193 Å². The number of ether oxygens (including phenoxy) is 3. The second-order valence-corrected chi connectivity index (χ2v) is 9.36. The third kappa shape index (κ3) is 7.47. The van der Waals surface area contributed by atoms with E-state index >= 15 is 0 Å². The van der Waals surface area contributed by atoms with Crippen LogP contribution in [0.3, 0.4) is 0 Å². The number of esters is 1. The van der Waals surface area contributed by atoms with Gasteiger partial charge in [0.15, 0.2) is 6.29 Å². The molecule has 0 aromatic rings. The molecule has 0 spiro atoms. The fraction of sp³-hybridized carbons (Fsp3) is 0.741. The number of aliphatic hydroxyl groups is 1. The smallest absolute Gasteiger partial charge is 0.305 e. The molecule has 0 bridgehead atoms. The van der Waals surface area contributed by atoms with E-state index in [4.69, 9.17) is 14.2 Å². The summed E-state index contributed by atoms with van der Waals surface area (Å²) in [5.74, 6) is 7.25. The van der Waals surface area contributed by atoms with Crippen LogP contribution >= 0.6 is 0 Å². The summed E-state index contributed by atoms with van der Waals surface area (Å²) >= 11 is 0. The van der Waals surface area contributed by atoms with Crippen molar-refractivity contribution in [1.82, 2.24) is 0 Å². The SMILES string of the molecule is CC#CCC[C@H](O)/C=C/[C@H]1[C@H](OC2CCCCO2)CC2C/C(=C\CCCC(=O)OC)C[C@@H]21. The van der Waals surface area contributed by atoms with E-state index < -0.39 is 6.10 Å². The number of carbonyl (C=O) groups is 1. The van der Waals surface area contributed by atoms with Gasteiger partial charge in [-0.1, -0.05) is 23.8 Å². The minimum absolute atomic E-state index is 0.0819. The lowest BCUT2D eigenvalue weighted by atomic mass is 9.90. The van der Waals surface area contributed by atoms with Gasteiger partial charge in [-0.25, -0.2) is 0 Å². The van der Waals surface area contributed by atoms with E-state index in [9.17, 15) is 9.90 Å². The lowest BCUT2D eigenvalue weighted by Gasteiger charge is -2.29. The molecule has 2 saturated carbocycles. The molecule has 2 unspecified atom stereocenters. The van der Waals surface area contributed by atoms with Gasteiger partial charge in [-0.05, 0) is 76.5 Å². The van der Waals surface area contributed by atoms with Crippen molar-refractivity contribution in [1.29, 1.82) is 0 Å². The van der Waals surface area contributed by atoms with Gasteiger partial charge in [0, 0.05) is 25.4 Å². The van der Waals surface area contributed by atoms with Crippen molar-refractivity contribution in [3.05, 3.63) is 23.8 Å². The highest BCUT2D eigenvalue weighted by Gasteiger charge is 2.47. The van der Waals surface area contributed by atoms with E-state index in [0.717, 1.165) is 51.6 Å². The number of fused-ring (bicyclic) bond motifs is 1. The fourth-order valence-corrected chi connectivity index (χ4v) is 5.43. The first kappa shape index (κ1) is 25.0. The number of hydrogen-bond acceptors (Lipinski definition) is 5. The molecule has 3 fully saturated rings. The topological polar surface area (TPSA) is 65.0 Å². The van der Waals surface area contributed by atoms with Crippen LogP contribution in [0.2, 0.25) is 0 Å². The second kappa shape index (κ2) is 13.2. The molecule has 1 heterocycles. The summed E-state index contributed by atoms with van der Waals surface area (Å²) in [5.41, 5.74) is 1.51. The van der Waals surface area contributed by atoms with Crippen LogP contribution in [0.25, 0.3) is 0 Å². The summed E-state index contributed by atoms with van der Waals surface area (Å²) < 4.78 is 17.0. The maximum absolute atomic E-state index is 11.3. The number of aliphatic hydroxyl groups excluding tert-OH is 1. The van der Waals surface area contributed by atoms with Crippen LogP contribution in [-0.4, -0.2) is 43.3 Å². The highest BCUT2D eigenvalue weighted by Crippen LogP contribution is 2.52. The van der Waals surface area contributed by atoms with Crippen LogP contribution in [0, 0.1) is 29.6 Å². The maximum Gasteiger partial charge on any atom is 0.305 e. The molecule has 5 nitrogen and oxygen atoms in total. The highest BCUT2D eigenvalue weighted by molar-refractivity contribution is 5.69. The Morgan fingerprint density at radius 1 is 1.34 bits per heavy atom. The van der Waals surface area contributed by atoms with Crippen molar-refractivity contribution in [2.75, 3.05) is 13.7 Å². The average Bonchev–Trinajstić information content (AvgIpc) is 3.33. The van der Waals surface area contributed by atoms with Gasteiger partial charge in [-0.3, -0.25) is 4.79 Å². The van der Waals surface area contributed by atoms with E-state index in [0.29, 0.717) is 37.0 Å². The molecule has 5 heteroatoms. The molecule has 0 amide bonds. The summed E-state index contributed by atoms with van der Waals surface area (Å²) in [6, 6.07) is 0. The Balaban J connectivity index is 1.59. The van der Waals surface area contributed by atoms with Gasteiger partial charge in [0.25, 0.3) is 0 Å². The molecule has 1 aliphatic heterocycles. The molecule has 3 aliphatic rings. The van der Waals surface area contributed by atoms with E-state index in [2.05, 4.69) is 24.0 Å². The van der Waals surface area contributed by atoms with Crippen LogP contribution in [0.5, 0.6) is 0 Å². The van der Waals surface area contributed by atoms with E-state index in [-0.39, 0.29) is 18.4 Å². The van der Waals surface area contributed by atoms with Gasteiger partial charge in [0.2, 0.25) is 0 Å². The van der Waals surface area contributed by atoms with Crippen LogP contribution < -0.4 is 0 Å². The Kier molecular flexibility index (Phi) is 10.3. The van der Waals surface area contributed by atoms with Crippen molar-refractivity contribution in [3.63, 3.8) is 0 Å². The Morgan fingerprint density at radius 2 is 2.22 bits per heavy atom. The molecule has 1 N–H and O–H groups in total. The number of allylic oxidation sites excluding steroid dienone is 2. The molecule has 1 saturated heterocycles. The van der Waals surface area contributed by atoms with Gasteiger partial charge >= 0.3 is 5.97 Å². The monoisotopic (exact) mass is 444 g/mol. The molecular weight excluding hydrogens is 404 g/mol. The molecule has 0 aromatic heterocycles. The predicted molar refractivity (Wildman–Crippen MR) is 125 cm³/mol. The van der Waals surface area contributed by atoms with Gasteiger partial charge in [-0.15, -0.1) is 11.8 Å². The van der Waals surface area contributed by atoms with Crippen molar-refractivity contribution < 1.29 is 24.1 Å². The number of methoxy groups -OCH3 is 1. The zero-order valence-corrected chi connectivity index (χ0v) is 19.8. The maximum atomic E-state index is 11.3. The summed E-state index contributed by atoms with van der Waals surface area (Å²) in [5, 5.41) is 10.4. The van der Waals surface area contributed by atoms with Crippen molar-refractivity contribution in [2.45, 2.75) is 96.1 Å². The minimum Gasteiger partial charge on any atom is -0.469 e. The van der Waals surface area contributed by atoms with E-state index in [1.54, 1.807) is 0 Å². The standard InChI is InChI=1S/C27H40O5/c1-3-4-5-11-22(28)14-15-23-24-18-20(10-6-7-12-26(29)30-2)17-21(24)19-25(23)32-27-13-8-9-16-31-27/h10,14-15,21-25,27-28H,5-9,11-13,16-19H2,1-2H3/b15-14+,20-10+/t21?,22-,23+,24-,25+,27?/m0/s1. The normalized spacial score (nSPS) is 32.0. The van der Waals surface area contributed by atoms with Crippen molar-refractivity contribution in [2.24, 2.45) is 17.8 Å². The first-order valence-electron chi connectivity index (χ1n) is 12.4. The minimum atomic E-state index is -0.462. The van der Waals surface area contributed by atoms with Gasteiger partial charge in [0.05, 0.1) is 19.3 Å². The van der Waals surface area contributed by atoms with Crippen molar-refractivity contribution >= 4 is 5.97 Å². The molecule has 2 aliphatic carbocycles. The zero-order chi connectivity index (χ0) is 22.8. The Morgan fingerprint density at radius 3 is 2.97 bits per heavy atom. The lowest BCUT2D eigenvalue weighted by Crippen LogP contribution is -2.30. The largest absolute Gasteiger partial charge is 0.469 e. The highest BCUT2D eigenvalue weighted by atomic mass is 16.7. The lowest BCUT2D eigenvalue weighted by molar-refractivity contribution is -0.193. The third-order valence-electron chi connectivity index (χ3n) is 7.09. The summed E-state index contributed by atoms with van der Waals surface area (Å²) in [4.78, 5) is 11.3. The first-order valence-corrected chi connectivity index (χ1v) is 12.4. The van der Waals surface area contributed by atoms with Crippen LogP contribution in [0.4, 0.5) is 0 Å². The zero-order valence-electron chi connectivity index (χ0n) is 19.8. The van der Waals surface area contributed by atoms with Crippen LogP contribution in [0.15, 0.2) is 23.8 Å². The number of unbranched alkanes of at least 4 members (excludes halogenated alkanes) is 1. The first-order chi connectivity index (χ1) is 15.6. The Hall–Kier alpha value is -1.61.